The van der Waals surface area contributed by atoms with Crippen molar-refractivity contribution in [1.82, 2.24) is 0 Å². The van der Waals surface area contributed by atoms with E-state index in [1.54, 1.807) is 0 Å². The third-order valence-corrected chi connectivity index (χ3v) is 3.64. The Balaban J connectivity index is 2.79. The van der Waals surface area contributed by atoms with E-state index in [2.05, 4.69) is 31.1 Å². The van der Waals surface area contributed by atoms with Gasteiger partial charge in [-0.05, 0) is 19.4 Å². The second-order valence-corrected chi connectivity index (χ2v) is 11.2. The monoisotopic (exact) mass is 272 g/mol. The van der Waals surface area contributed by atoms with Gasteiger partial charge >= 0.3 is 0 Å². The van der Waals surface area contributed by atoms with E-state index in [1.165, 1.54) is 0 Å². The van der Waals surface area contributed by atoms with Crippen molar-refractivity contribution in [2.75, 3.05) is 0 Å². The van der Waals surface area contributed by atoms with Crippen molar-refractivity contribution < 1.29 is 5.11 Å². The quantitative estimate of drug-likeness (QED) is 0.652. The van der Waals surface area contributed by atoms with Crippen LogP contribution in [-0.4, -0.2) is 19.3 Å². The van der Waals surface area contributed by atoms with Crippen LogP contribution in [0.1, 0.15) is 19.4 Å². The van der Waals surface area contributed by atoms with Gasteiger partial charge in [0.25, 0.3) is 0 Å². The Morgan fingerprint density at radius 3 is 2.26 bits per heavy atom. The smallest absolute Gasteiger partial charge is 0.129 e. The molecule has 102 valence electrons. The maximum absolute atomic E-state index is 10.3. The maximum Gasteiger partial charge on any atom is 0.129 e. The predicted molar refractivity (Wildman–Crippen MR) is 86.4 cm³/mol. The van der Waals surface area contributed by atoms with Gasteiger partial charge in [-0.3, -0.25) is 0 Å². The summed E-state index contributed by atoms with van der Waals surface area (Å²) >= 11 is 0. The molecule has 0 aliphatic carbocycles. The molecule has 0 aliphatic heterocycles. The molecule has 1 rings (SSSR count). The molecule has 1 N–H and O–H groups in total. The van der Waals surface area contributed by atoms with Gasteiger partial charge in [0.15, 0.2) is 0 Å². The summed E-state index contributed by atoms with van der Waals surface area (Å²) in [5.41, 5.74) is 4.02. The van der Waals surface area contributed by atoms with Crippen molar-refractivity contribution >= 4 is 14.1 Å². The van der Waals surface area contributed by atoms with Crippen LogP contribution < -0.4 is 0 Å². The summed E-state index contributed by atoms with van der Waals surface area (Å²) in [7, 11) is -1.40. The molecular formula is C17H24OSi. The van der Waals surface area contributed by atoms with E-state index < -0.39 is 19.6 Å². The number of hydrogen-bond acceptors (Lipinski definition) is 1. The summed E-state index contributed by atoms with van der Waals surface area (Å²) in [6.45, 7) is 10.6. The minimum Gasteiger partial charge on any atom is -0.387 e. The molecule has 0 amide bonds. The Morgan fingerprint density at radius 1 is 1.16 bits per heavy atom. The van der Waals surface area contributed by atoms with Crippen LogP contribution in [0.2, 0.25) is 19.6 Å². The summed E-state index contributed by atoms with van der Waals surface area (Å²) in [4.78, 5) is 0. The predicted octanol–water partition coefficient (Wildman–Crippen LogP) is 3.97. The summed E-state index contributed by atoms with van der Waals surface area (Å²) in [6.07, 6.45) is 3.22. The van der Waals surface area contributed by atoms with Crippen molar-refractivity contribution in [3.8, 4) is 11.5 Å². The first-order valence-corrected chi connectivity index (χ1v) is 10.2. The molecule has 0 saturated heterocycles. The van der Waals surface area contributed by atoms with Crippen molar-refractivity contribution in [2.45, 2.75) is 39.6 Å². The largest absolute Gasteiger partial charge is 0.387 e. The van der Waals surface area contributed by atoms with Crippen LogP contribution in [0.5, 0.6) is 0 Å². The van der Waals surface area contributed by atoms with E-state index >= 15 is 0 Å². The molecule has 0 aliphatic rings. The lowest BCUT2D eigenvalue weighted by Gasteiger charge is -2.23. The first kappa shape index (κ1) is 15.8. The molecule has 2 heteroatoms. The van der Waals surface area contributed by atoms with Gasteiger partial charge in [0.2, 0.25) is 0 Å². The van der Waals surface area contributed by atoms with Crippen molar-refractivity contribution in [2.24, 2.45) is 5.41 Å². The number of aliphatic hydroxyl groups excluding tert-OH is 1. The molecule has 1 aromatic carbocycles. The second-order valence-electron chi connectivity index (χ2n) is 6.44. The van der Waals surface area contributed by atoms with Crippen LogP contribution in [-0.2, 0) is 0 Å². The number of rotatable bonds is 3. The molecule has 0 aromatic heterocycles. The molecule has 0 bridgehead atoms. The summed E-state index contributed by atoms with van der Waals surface area (Å²) in [5.74, 6) is 3.25. The van der Waals surface area contributed by atoms with Gasteiger partial charge in [0.05, 0.1) is 11.5 Å². The fraction of sp³-hybridized carbons (Fsp3) is 0.412. The van der Waals surface area contributed by atoms with Gasteiger partial charge in [-0.2, -0.15) is 0 Å². The number of benzene rings is 1. The topological polar surface area (TPSA) is 20.2 Å². The molecule has 0 saturated carbocycles. The molecule has 1 atom stereocenters. The molecule has 1 nitrogen and oxygen atoms in total. The van der Waals surface area contributed by atoms with Crippen LogP contribution in [0.15, 0.2) is 36.4 Å². The number of hydrogen-bond donors (Lipinski definition) is 1. The lowest BCUT2D eigenvalue weighted by Crippen LogP contribution is -2.27. The van der Waals surface area contributed by atoms with E-state index in [-0.39, 0.29) is 0 Å². The molecule has 0 unspecified atom stereocenters. The second kappa shape index (κ2) is 6.23. The molecule has 0 spiro atoms. The fourth-order valence-corrected chi connectivity index (χ4v) is 2.13. The van der Waals surface area contributed by atoms with Crippen molar-refractivity contribution in [3.63, 3.8) is 0 Å². The molecule has 0 fully saturated rings. The molecule has 19 heavy (non-hydrogen) atoms. The summed E-state index contributed by atoms with van der Waals surface area (Å²) in [5, 5.41) is 10.3. The number of aliphatic hydroxyl groups is 1. The lowest BCUT2D eigenvalue weighted by molar-refractivity contribution is 0.133. The SMILES string of the molecule is CC(C)(C#C[Si](C)(C)C)[C@H](O)/C=C/c1ccccc1. The van der Waals surface area contributed by atoms with E-state index in [1.807, 2.05) is 56.3 Å². The molecular weight excluding hydrogens is 248 g/mol. The van der Waals surface area contributed by atoms with Gasteiger partial charge in [-0.25, -0.2) is 0 Å². The van der Waals surface area contributed by atoms with Gasteiger partial charge in [-0.15, -0.1) is 11.5 Å². The summed E-state index contributed by atoms with van der Waals surface area (Å²) in [6, 6.07) is 10.00. The lowest BCUT2D eigenvalue weighted by atomic mass is 9.87. The van der Waals surface area contributed by atoms with Gasteiger partial charge < -0.3 is 5.11 Å². The van der Waals surface area contributed by atoms with Crippen molar-refractivity contribution in [3.05, 3.63) is 42.0 Å². The van der Waals surface area contributed by atoms with E-state index in [4.69, 9.17) is 0 Å². The van der Waals surface area contributed by atoms with Crippen LogP contribution >= 0.6 is 0 Å². The Morgan fingerprint density at radius 2 is 1.74 bits per heavy atom. The standard InChI is InChI=1S/C17H24OSi/c1-17(2,13-14-19(3,4)5)16(18)12-11-15-9-7-6-8-10-15/h6-12,16,18H,1-5H3/b12-11+/t16-/m1/s1. The first-order valence-electron chi connectivity index (χ1n) is 6.66. The third-order valence-electron chi connectivity index (χ3n) is 2.77. The maximum atomic E-state index is 10.3. The van der Waals surface area contributed by atoms with Crippen LogP contribution in [0.25, 0.3) is 6.08 Å². The highest BCUT2D eigenvalue weighted by Gasteiger charge is 2.23. The Labute approximate surface area is 118 Å². The average Bonchev–Trinajstić information content (AvgIpc) is 2.34. The Hall–Kier alpha value is -1.30. The molecule has 1 aromatic rings. The van der Waals surface area contributed by atoms with Crippen molar-refractivity contribution in [1.29, 1.82) is 0 Å². The van der Waals surface area contributed by atoms with Gasteiger partial charge in [-0.1, -0.05) is 62.1 Å². The zero-order chi connectivity index (χ0) is 14.5. The fourth-order valence-electron chi connectivity index (χ4n) is 1.43. The minimum absolute atomic E-state index is 0.411. The highest BCUT2D eigenvalue weighted by Crippen LogP contribution is 2.21. The van der Waals surface area contributed by atoms with Gasteiger partial charge in [0.1, 0.15) is 8.07 Å². The van der Waals surface area contributed by atoms with Crippen LogP contribution in [0.4, 0.5) is 0 Å². The Kier molecular flexibility index (Phi) is 5.17. The van der Waals surface area contributed by atoms with E-state index in [0.717, 1.165) is 5.56 Å². The van der Waals surface area contributed by atoms with Gasteiger partial charge in [0, 0.05) is 0 Å². The highest BCUT2D eigenvalue weighted by molar-refractivity contribution is 6.83. The average molecular weight is 272 g/mol. The Bertz CT molecular complexity index is 483. The molecule has 0 radical (unpaired) electrons. The minimum atomic E-state index is -1.40. The summed E-state index contributed by atoms with van der Waals surface area (Å²) < 4.78 is 0. The van der Waals surface area contributed by atoms with Crippen LogP contribution in [0.3, 0.4) is 0 Å². The third kappa shape index (κ3) is 5.91. The van der Waals surface area contributed by atoms with E-state index in [9.17, 15) is 5.11 Å². The van der Waals surface area contributed by atoms with Crippen LogP contribution in [0, 0.1) is 16.9 Å². The normalized spacial score (nSPS) is 14.0. The first-order chi connectivity index (χ1) is 8.71. The highest BCUT2D eigenvalue weighted by atomic mass is 28.3. The molecule has 0 heterocycles. The zero-order valence-corrected chi connectivity index (χ0v) is 13.6. The van der Waals surface area contributed by atoms with E-state index in [0.29, 0.717) is 0 Å². The zero-order valence-electron chi connectivity index (χ0n) is 12.6.